The van der Waals surface area contributed by atoms with Crippen LogP contribution in [0.3, 0.4) is 0 Å². The Morgan fingerprint density at radius 3 is 2.56 bits per heavy atom. The van der Waals surface area contributed by atoms with Crippen LogP contribution >= 0.6 is 11.3 Å². The molecule has 0 spiro atoms. The minimum absolute atomic E-state index is 0.0581. The number of hydrogen-bond donors (Lipinski definition) is 2. The van der Waals surface area contributed by atoms with Crippen molar-refractivity contribution in [2.45, 2.75) is 26.4 Å². The summed E-state index contributed by atoms with van der Waals surface area (Å²) in [6.45, 7) is 3.93. The summed E-state index contributed by atoms with van der Waals surface area (Å²) >= 11 is 1.15. The number of aliphatic carboxylic acids is 1. The zero-order chi connectivity index (χ0) is 13.9. The predicted octanol–water partition coefficient (Wildman–Crippen LogP) is 0.898. The average Bonchev–Trinajstić information content (AvgIpc) is 2.64. The number of hydrogen-bond acceptors (Lipinski definition) is 7. The van der Waals surface area contributed by atoms with Gasteiger partial charge in [0.1, 0.15) is 5.69 Å². The molecule has 0 aliphatic rings. The first-order valence-corrected chi connectivity index (χ1v) is 5.84. The van der Waals surface area contributed by atoms with E-state index in [4.69, 9.17) is 15.7 Å². The molecule has 0 aliphatic heterocycles. The average molecular weight is 271 g/mol. The summed E-state index contributed by atoms with van der Waals surface area (Å²) in [6.07, 6.45) is 0. The van der Waals surface area contributed by atoms with Gasteiger partial charge in [-0.3, -0.25) is 4.79 Å². The van der Waals surface area contributed by atoms with Crippen molar-refractivity contribution < 1.29 is 19.5 Å². The molecule has 0 amide bonds. The Bertz CT molecular complexity index is 507. The van der Waals surface area contributed by atoms with E-state index in [2.05, 4.69) is 10.1 Å². The van der Waals surface area contributed by atoms with Gasteiger partial charge in [-0.1, -0.05) is 5.16 Å². The highest BCUT2D eigenvalue weighted by Crippen LogP contribution is 2.15. The molecule has 1 aromatic heterocycles. The maximum absolute atomic E-state index is 11.4. The van der Waals surface area contributed by atoms with E-state index in [0.29, 0.717) is 0 Å². The summed E-state index contributed by atoms with van der Waals surface area (Å²) in [5.41, 5.74) is 4.14. The van der Waals surface area contributed by atoms with Crippen LogP contribution in [-0.4, -0.2) is 33.2 Å². The van der Waals surface area contributed by atoms with Gasteiger partial charge in [0.15, 0.2) is 16.6 Å². The van der Waals surface area contributed by atoms with Gasteiger partial charge in [-0.15, -0.1) is 11.3 Å². The molecular weight excluding hydrogens is 258 g/mol. The van der Waals surface area contributed by atoms with Crippen LogP contribution in [0, 0.1) is 0 Å². The molecule has 0 atom stereocenters. The Hall–Kier alpha value is -1.96. The Morgan fingerprint density at radius 2 is 2.17 bits per heavy atom. The SMILES string of the molecule is CC(=O)C(=NOC(C)(C)C(=O)O)c1csc(N)n1. The molecule has 1 aromatic rings. The van der Waals surface area contributed by atoms with Crippen LogP contribution in [0.1, 0.15) is 26.5 Å². The lowest BCUT2D eigenvalue weighted by Gasteiger charge is -2.16. The van der Waals surface area contributed by atoms with Crippen LogP contribution in [0.4, 0.5) is 5.13 Å². The molecule has 0 radical (unpaired) electrons. The van der Waals surface area contributed by atoms with Crippen molar-refractivity contribution in [1.82, 2.24) is 4.98 Å². The molecule has 18 heavy (non-hydrogen) atoms. The summed E-state index contributed by atoms with van der Waals surface area (Å²) in [4.78, 5) is 31.0. The first-order chi connectivity index (χ1) is 8.24. The smallest absolute Gasteiger partial charge is 0.350 e. The number of oxime groups is 1. The second kappa shape index (κ2) is 5.13. The summed E-state index contributed by atoms with van der Waals surface area (Å²) in [7, 11) is 0. The Morgan fingerprint density at radius 1 is 1.56 bits per heavy atom. The highest BCUT2D eigenvalue weighted by Gasteiger charge is 2.30. The van der Waals surface area contributed by atoms with Crippen molar-refractivity contribution in [1.29, 1.82) is 0 Å². The number of thiazole rings is 1. The number of ketones is 1. The fourth-order valence-corrected chi connectivity index (χ4v) is 1.43. The van der Waals surface area contributed by atoms with Gasteiger partial charge in [-0.25, -0.2) is 9.78 Å². The maximum Gasteiger partial charge on any atom is 0.350 e. The molecule has 1 heterocycles. The molecule has 0 aromatic carbocycles. The molecule has 0 saturated heterocycles. The molecular formula is C10H13N3O4S. The quantitative estimate of drug-likeness (QED) is 0.607. The summed E-state index contributed by atoms with van der Waals surface area (Å²) in [5.74, 6) is -1.58. The first kappa shape index (κ1) is 14.1. The van der Waals surface area contributed by atoms with Crippen molar-refractivity contribution >= 4 is 33.9 Å². The number of carboxylic acids is 1. The monoisotopic (exact) mass is 271 g/mol. The number of rotatable bonds is 5. The molecule has 8 heteroatoms. The third-order valence-corrected chi connectivity index (χ3v) is 2.65. The number of nitrogen functional groups attached to an aromatic ring is 1. The van der Waals surface area contributed by atoms with Crippen LogP contribution in [0.15, 0.2) is 10.5 Å². The molecule has 1 rings (SSSR count). The maximum atomic E-state index is 11.4. The minimum atomic E-state index is -1.53. The molecule has 3 N–H and O–H groups in total. The number of nitrogens with zero attached hydrogens (tertiary/aromatic N) is 2. The number of carboxylic acid groups (broad SMARTS) is 1. The van der Waals surface area contributed by atoms with E-state index in [9.17, 15) is 9.59 Å². The van der Waals surface area contributed by atoms with Crippen LogP contribution < -0.4 is 5.73 Å². The molecule has 98 valence electrons. The van der Waals surface area contributed by atoms with Crippen molar-refractivity contribution in [3.63, 3.8) is 0 Å². The molecule has 0 fully saturated rings. The molecule has 0 aliphatic carbocycles. The standard InChI is InChI=1S/C10H13N3O4S/c1-5(14)7(6-4-18-9(11)12-6)13-17-10(2,3)8(15)16/h4H,1-3H3,(H2,11,12)(H,15,16). The molecule has 7 nitrogen and oxygen atoms in total. The topological polar surface area (TPSA) is 115 Å². The van der Waals surface area contributed by atoms with Crippen molar-refractivity contribution in [3.8, 4) is 0 Å². The third kappa shape index (κ3) is 3.27. The zero-order valence-electron chi connectivity index (χ0n) is 10.1. The summed E-state index contributed by atoms with van der Waals surface area (Å²) in [6, 6.07) is 0. The molecule has 0 saturated carbocycles. The number of Topliss-reactive ketones (excluding diaryl/α,β-unsaturated/α-hetero) is 1. The van der Waals surface area contributed by atoms with E-state index in [1.165, 1.54) is 20.8 Å². The normalized spacial score (nSPS) is 12.3. The Balaban J connectivity index is 3.01. The largest absolute Gasteiger partial charge is 0.478 e. The van der Waals surface area contributed by atoms with Gasteiger partial charge in [0.2, 0.25) is 5.60 Å². The Kier molecular flexibility index (Phi) is 4.02. The number of nitrogens with two attached hydrogens (primary N) is 1. The lowest BCUT2D eigenvalue weighted by Crippen LogP contribution is -2.33. The second-order valence-corrected chi connectivity index (χ2v) is 4.86. The van der Waals surface area contributed by atoms with E-state index in [1.54, 1.807) is 5.38 Å². The van der Waals surface area contributed by atoms with Gasteiger partial charge in [0.05, 0.1) is 0 Å². The number of carbonyl (C=O) groups excluding carboxylic acids is 1. The Labute approximate surface area is 107 Å². The fourth-order valence-electron chi connectivity index (χ4n) is 0.887. The van der Waals surface area contributed by atoms with Gasteiger partial charge < -0.3 is 15.7 Å². The van der Waals surface area contributed by atoms with E-state index in [-0.39, 0.29) is 22.3 Å². The zero-order valence-corrected chi connectivity index (χ0v) is 10.9. The van der Waals surface area contributed by atoms with Crippen molar-refractivity contribution in [2.75, 3.05) is 5.73 Å². The number of aromatic nitrogens is 1. The molecule has 0 unspecified atom stereocenters. The van der Waals surface area contributed by atoms with Crippen LogP contribution in [0.5, 0.6) is 0 Å². The van der Waals surface area contributed by atoms with E-state index in [1.807, 2.05) is 0 Å². The van der Waals surface area contributed by atoms with Gasteiger partial charge >= 0.3 is 5.97 Å². The van der Waals surface area contributed by atoms with E-state index >= 15 is 0 Å². The van der Waals surface area contributed by atoms with Gasteiger partial charge in [0, 0.05) is 12.3 Å². The lowest BCUT2D eigenvalue weighted by atomic mass is 10.1. The van der Waals surface area contributed by atoms with Crippen molar-refractivity contribution in [2.24, 2.45) is 5.16 Å². The van der Waals surface area contributed by atoms with Gasteiger partial charge in [0.25, 0.3) is 0 Å². The molecule has 0 bridgehead atoms. The predicted molar refractivity (Wildman–Crippen MR) is 66.5 cm³/mol. The van der Waals surface area contributed by atoms with E-state index in [0.717, 1.165) is 11.3 Å². The highest BCUT2D eigenvalue weighted by atomic mass is 32.1. The minimum Gasteiger partial charge on any atom is -0.478 e. The highest BCUT2D eigenvalue weighted by molar-refractivity contribution is 7.13. The number of carbonyl (C=O) groups is 2. The summed E-state index contributed by atoms with van der Waals surface area (Å²) < 4.78 is 0. The van der Waals surface area contributed by atoms with Crippen LogP contribution in [-0.2, 0) is 14.4 Å². The van der Waals surface area contributed by atoms with Gasteiger partial charge in [-0.2, -0.15) is 0 Å². The van der Waals surface area contributed by atoms with Crippen LogP contribution in [0.25, 0.3) is 0 Å². The fraction of sp³-hybridized carbons (Fsp3) is 0.400. The second-order valence-electron chi connectivity index (χ2n) is 3.97. The third-order valence-electron chi connectivity index (χ3n) is 1.98. The van der Waals surface area contributed by atoms with Gasteiger partial charge in [-0.05, 0) is 13.8 Å². The number of anilines is 1. The van der Waals surface area contributed by atoms with Crippen LogP contribution in [0.2, 0.25) is 0 Å². The van der Waals surface area contributed by atoms with Crippen molar-refractivity contribution in [3.05, 3.63) is 11.1 Å². The van der Waals surface area contributed by atoms with E-state index < -0.39 is 11.6 Å². The first-order valence-electron chi connectivity index (χ1n) is 4.96. The summed E-state index contributed by atoms with van der Waals surface area (Å²) in [5, 5.41) is 14.3. The lowest BCUT2D eigenvalue weighted by molar-refractivity contribution is -0.161.